The van der Waals surface area contributed by atoms with E-state index in [2.05, 4.69) is 73.0 Å². The van der Waals surface area contributed by atoms with Crippen LogP contribution in [0.25, 0.3) is 21.8 Å². The van der Waals surface area contributed by atoms with E-state index < -0.39 is 27.6 Å². The Bertz CT molecular complexity index is 2780. The van der Waals surface area contributed by atoms with Gasteiger partial charge in [-0.05, 0) is 138 Å². The molecule has 0 amide bonds. The number of carboxylic acids is 1. The number of benzene rings is 5. The third-order valence-electron chi connectivity index (χ3n) is 7.11. The summed E-state index contributed by atoms with van der Waals surface area (Å²) in [4.78, 5) is 36.7. The molecule has 2 heterocycles. The second kappa shape index (κ2) is 30.8. The summed E-state index contributed by atoms with van der Waals surface area (Å²) in [6.07, 6.45) is 3.50. The molecule has 0 aliphatic carbocycles. The van der Waals surface area contributed by atoms with E-state index in [0.717, 1.165) is 18.2 Å². The minimum atomic E-state index is -3.73. The van der Waals surface area contributed by atoms with Crippen molar-refractivity contribution >= 4 is 126 Å². The summed E-state index contributed by atoms with van der Waals surface area (Å²) in [6.45, 7) is 0. The van der Waals surface area contributed by atoms with Gasteiger partial charge in [-0.3, -0.25) is 4.79 Å². The summed E-state index contributed by atoms with van der Waals surface area (Å²) in [5, 5.41) is 17.8. The number of nitrogens with two attached hydrogens (primary N) is 3. The van der Waals surface area contributed by atoms with E-state index >= 15 is 0 Å². The molecular formula is C44H56Br3ClF4N8O5S. The van der Waals surface area contributed by atoms with Crippen molar-refractivity contribution in [3.05, 3.63) is 144 Å². The standard InChI is InChI=1S/C14H10BrFN4O2S.C8H3BrClFN2.C7H5BrFNO.C7H6FNO2.8CH4/c15-12-6-9(16)5-8-7-18-14(20-13(8)12)19-10-1-3-11(4-2-10)23(17,21)22;9-6-2-5(11)1-4-3-12-8(10)13-7(4)6;8-6-2-5(9)1-4(3-11)7(6)10;8-4-1-2-6(9)5(3-4)7(10)11;;;;;;;;/h1-7H,(H2,17,21,22)(H,18,19,20);1-3H;1-3H,10H2;1-3H,9H2,(H,10,11);8*1H4. The number of rotatable bonds is 5. The maximum atomic E-state index is 13.3. The summed E-state index contributed by atoms with van der Waals surface area (Å²) in [5.41, 5.74) is 12.7. The van der Waals surface area contributed by atoms with Gasteiger partial charge in [0.1, 0.15) is 23.3 Å². The summed E-state index contributed by atoms with van der Waals surface area (Å²) in [7, 11) is -3.73. The lowest BCUT2D eigenvalue weighted by molar-refractivity contribution is 0.0697. The largest absolute Gasteiger partial charge is 0.478 e. The quantitative estimate of drug-likeness (QED) is 0.0469. The van der Waals surface area contributed by atoms with Crippen LogP contribution in [0.3, 0.4) is 0 Å². The topological polar surface area (TPSA) is 230 Å². The number of fused-ring (bicyclic) bond motifs is 2. The molecule has 0 aliphatic heterocycles. The van der Waals surface area contributed by atoms with Crippen LogP contribution >= 0.6 is 59.4 Å². The maximum Gasteiger partial charge on any atom is 0.337 e. The van der Waals surface area contributed by atoms with Crippen LogP contribution in [-0.4, -0.2) is 45.7 Å². The molecule has 8 N–H and O–H groups in total. The van der Waals surface area contributed by atoms with Gasteiger partial charge in [-0.25, -0.2) is 55.8 Å². The third kappa shape index (κ3) is 19.6. The molecule has 7 rings (SSSR count). The lowest BCUT2D eigenvalue weighted by Gasteiger charge is -2.07. The van der Waals surface area contributed by atoms with E-state index in [1.54, 1.807) is 12.1 Å². The summed E-state index contributed by atoms with van der Waals surface area (Å²) < 4.78 is 75.1. The first-order chi connectivity index (χ1) is 27.2. The molecule has 0 bridgehead atoms. The van der Waals surface area contributed by atoms with E-state index in [0.29, 0.717) is 53.1 Å². The molecule has 22 heteroatoms. The molecular weight excluding hydrogens is 1100 g/mol. The molecule has 2 aromatic heterocycles. The molecule has 0 aliphatic rings. The summed E-state index contributed by atoms with van der Waals surface area (Å²) >= 11 is 15.1. The molecule has 0 atom stereocenters. The number of carbonyl (C=O) groups excluding carboxylic acids is 1. The highest BCUT2D eigenvalue weighted by Crippen LogP contribution is 2.27. The number of hydrogen-bond donors (Lipinski definition) is 5. The summed E-state index contributed by atoms with van der Waals surface area (Å²) in [5.74, 6) is -2.71. The predicted octanol–water partition coefficient (Wildman–Crippen LogP) is 14.3. The number of nitrogens with one attached hydrogen (secondary N) is 1. The Kier molecular flexibility index (Phi) is 32.5. The van der Waals surface area contributed by atoms with Crippen molar-refractivity contribution in [1.82, 2.24) is 19.9 Å². The first-order valence-corrected chi connectivity index (χ1v) is 19.8. The molecule has 0 fully saturated rings. The molecule has 7 aromatic rings. The number of primary sulfonamides is 1. The van der Waals surface area contributed by atoms with Gasteiger partial charge in [0.25, 0.3) is 0 Å². The molecule has 5 aromatic carbocycles. The smallest absolute Gasteiger partial charge is 0.337 e. The van der Waals surface area contributed by atoms with Crippen LogP contribution in [0.1, 0.15) is 80.1 Å². The lowest BCUT2D eigenvalue weighted by atomic mass is 10.2. The van der Waals surface area contributed by atoms with Crippen molar-refractivity contribution in [2.24, 2.45) is 5.14 Å². The second-order valence-electron chi connectivity index (χ2n) is 11.2. The van der Waals surface area contributed by atoms with Gasteiger partial charge >= 0.3 is 5.97 Å². The fourth-order valence-electron chi connectivity index (χ4n) is 4.45. The lowest BCUT2D eigenvalue weighted by Crippen LogP contribution is -2.11. The summed E-state index contributed by atoms with van der Waals surface area (Å²) in [6, 6.07) is 16.7. The SMILES string of the molecule is C.C.C.C.C.C.C.C.Fc1cc(Br)c2nc(Cl)ncc2c1.NS(=O)(=O)c1ccc(Nc2ncc3cc(F)cc(Br)c3n2)cc1.Nc1c(Br)cc(F)cc1C=O.Nc1ccc(F)cc1C(=O)O. The van der Waals surface area contributed by atoms with Gasteiger partial charge in [-0.1, -0.05) is 59.4 Å². The molecule has 364 valence electrons. The van der Waals surface area contributed by atoms with E-state index in [4.69, 9.17) is 33.3 Å². The highest BCUT2D eigenvalue weighted by atomic mass is 79.9. The Labute approximate surface area is 415 Å². The first-order valence-electron chi connectivity index (χ1n) is 15.5. The number of nitrogen functional groups attached to an aromatic ring is 2. The molecule has 0 radical (unpaired) electrons. The fraction of sp³-hybridized carbons (Fsp3) is 0.182. The molecule has 0 unspecified atom stereocenters. The number of aromatic carboxylic acids is 1. The van der Waals surface area contributed by atoms with Crippen molar-refractivity contribution in [2.45, 2.75) is 64.3 Å². The van der Waals surface area contributed by atoms with Crippen LogP contribution in [0.15, 0.2) is 110 Å². The maximum absolute atomic E-state index is 13.3. The van der Waals surface area contributed by atoms with Crippen molar-refractivity contribution < 1.29 is 40.7 Å². The van der Waals surface area contributed by atoms with Gasteiger partial charge in [0.2, 0.25) is 21.3 Å². The number of hydrogen-bond acceptors (Lipinski definition) is 11. The monoisotopic (exact) mass is 1160 g/mol. The van der Waals surface area contributed by atoms with Crippen LogP contribution in [0.4, 0.5) is 40.6 Å². The van der Waals surface area contributed by atoms with Gasteiger partial charge < -0.3 is 21.9 Å². The second-order valence-corrected chi connectivity index (χ2v) is 15.7. The van der Waals surface area contributed by atoms with E-state index in [-0.39, 0.29) is 104 Å². The minimum absolute atomic E-state index is 0. The Morgan fingerprint density at radius 3 is 1.61 bits per heavy atom. The Hall–Kier alpha value is -5.32. The molecule has 0 saturated heterocycles. The zero-order valence-electron chi connectivity index (χ0n) is 28.8. The van der Waals surface area contributed by atoms with Crippen molar-refractivity contribution in [3.8, 4) is 0 Å². The Morgan fingerprint density at radius 1 is 0.667 bits per heavy atom. The zero-order chi connectivity index (χ0) is 42.9. The van der Waals surface area contributed by atoms with Gasteiger partial charge in [0, 0.05) is 53.5 Å². The number of aldehydes is 1. The number of nitrogens with zero attached hydrogens (tertiary/aromatic N) is 4. The predicted molar refractivity (Wildman–Crippen MR) is 276 cm³/mol. The van der Waals surface area contributed by atoms with Crippen LogP contribution in [-0.2, 0) is 10.0 Å². The molecule has 0 spiro atoms. The van der Waals surface area contributed by atoms with Crippen molar-refractivity contribution in [3.63, 3.8) is 0 Å². The molecule has 0 saturated carbocycles. The third-order valence-corrected chi connectivity index (χ3v) is 10.1. The molecule has 66 heavy (non-hydrogen) atoms. The molecule has 13 nitrogen and oxygen atoms in total. The van der Waals surface area contributed by atoms with E-state index in [1.807, 2.05) is 0 Å². The number of anilines is 4. The van der Waals surface area contributed by atoms with Gasteiger partial charge in [-0.2, -0.15) is 0 Å². The van der Waals surface area contributed by atoms with Crippen LogP contribution in [0.2, 0.25) is 5.28 Å². The highest BCUT2D eigenvalue weighted by Gasteiger charge is 2.10. The minimum Gasteiger partial charge on any atom is -0.478 e. The van der Waals surface area contributed by atoms with Gasteiger partial charge in [-0.15, -0.1) is 0 Å². The first kappa shape index (κ1) is 69.7. The van der Waals surface area contributed by atoms with Crippen LogP contribution in [0.5, 0.6) is 0 Å². The number of aromatic nitrogens is 4. The fourth-order valence-corrected chi connectivity index (χ4v) is 6.62. The van der Waals surface area contributed by atoms with Gasteiger partial charge in [0.05, 0.1) is 27.2 Å². The van der Waals surface area contributed by atoms with E-state index in [9.17, 15) is 35.6 Å². The Morgan fingerprint density at radius 2 is 1.14 bits per heavy atom. The average Bonchev–Trinajstić information content (AvgIpc) is 3.15. The number of sulfonamides is 1. The van der Waals surface area contributed by atoms with Crippen molar-refractivity contribution in [1.29, 1.82) is 0 Å². The normalized spacial score (nSPS) is 9.35. The Balaban J connectivity index is -0.000000253. The number of carbonyl (C=O) groups is 2. The van der Waals surface area contributed by atoms with Gasteiger partial charge in [0.15, 0.2) is 6.29 Å². The van der Waals surface area contributed by atoms with E-state index in [1.165, 1.54) is 60.9 Å². The highest BCUT2D eigenvalue weighted by molar-refractivity contribution is 9.11. The average molecular weight is 1160 g/mol. The van der Waals surface area contributed by atoms with Crippen LogP contribution in [0, 0.1) is 23.3 Å². The van der Waals surface area contributed by atoms with Crippen molar-refractivity contribution in [2.75, 3.05) is 16.8 Å². The van der Waals surface area contributed by atoms with Crippen LogP contribution < -0.4 is 21.9 Å². The number of carboxylic acid groups (broad SMARTS) is 1. The zero-order valence-corrected chi connectivity index (χ0v) is 35.1. The number of halogens is 8.